The molecular weight excluding hydrogens is 234 g/mol. The summed E-state index contributed by atoms with van der Waals surface area (Å²) in [5.41, 5.74) is -0.0598. The summed E-state index contributed by atoms with van der Waals surface area (Å²) in [4.78, 5) is 14.6. The van der Waals surface area contributed by atoms with Crippen molar-refractivity contribution in [2.45, 2.75) is 0 Å². The van der Waals surface area contributed by atoms with Crippen LogP contribution in [0.15, 0.2) is 42.5 Å². The van der Waals surface area contributed by atoms with Gasteiger partial charge in [0.1, 0.15) is 11.5 Å². The SMILES string of the molecule is COc1cccc(Oc2cccc(C(=O)O)n2)c1. The molecule has 0 aliphatic heterocycles. The van der Waals surface area contributed by atoms with Gasteiger partial charge in [0, 0.05) is 12.1 Å². The lowest BCUT2D eigenvalue weighted by molar-refractivity contribution is 0.0689. The zero-order valence-corrected chi connectivity index (χ0v) is 9.66. The molecule has 0 saturated carbocycles. The van der Waals surface area contributed by atoms with Crippen LogP contribution in [0.25, 0.3) is 0 Å². The molecule has 92 valence electrons. The number of carboxylic acids is 1. The van der Waals surface area contributed by atoms with Crippen LogP contribution < -0.4 is 9.47 Å². The molecular formula is C13H11NO4. The third-order valence-corrected chi connectivity index (χ3v) is 2.21. The molecule has 5 nitrogen and oxygen atoms in total. The standard InChI is InChI=1S/C13H11NO4/c1-17-9-4-2-5-10(8-9)18-12-7-3-6-11(14-12)13(15)16/h2-8H,1H3,(H,15,16). The predicted molar refractivity (Wildman–Crippen MR) is 64.3 cm³/mol. The van der Waals surface area contributed by atoms with E-state index in [-0.39, 0.29) is 11.6 Å². The molecule has 1 aromatic heterocycles. The smallest absolute Gasteiger partial charge is 0.354 e. The first kappa shape index (κ1) is 11.9. The predicted octanol–water partition coefficient (Wildman–Crippen LogP) is 2.58. The maximum atomic E-state index is 10.8. The minimum absolute atomic E-state index is 0.0598. The van der Waals surface area contributed by atoms with Gasteiger partial charge in [0.2, 0.25) is 5.88 Å². The number of pyridine rings is 1. The van der Waals surface area contributed by atoms with Crippen LogP contribution in [0.5, 0.6) is 17.4 Å². The topological polar surface area (TPSA) is 68.7 Å². The summed E-state index contributed by atoms with van der Waals surface area (Å²) in [6.07, 6.45) is 0. The Hall–Kier alpha value is -2.56. The van der Waals surface area contributed by atoms with E-state index >= 15 is 0 Å². The van der Waals surface area contributed by atoms with Crippen molar-refractivity contribution in [1.29, 1.82) is 0 Å². The molecule has 2 rings (SSSR count). The van der Waals surface area contributed by atoms with Crippen LogP contribution in [0.2, 0.25) is 0 Å². The number of methoxy groups -OCH3 is 1. The second kappa shape index (κ2) is 5.18. The van der Waals surface area contributed by atoms with Crippen LogP contribution in [-0.4, -0.2) is 23.2 Å². The van der Waals surface area contributed by atoms with E-state index in [1.807, 2.05) is 0 Å². The third-order valence-electron chi connectivity index (χ3n) is 2.21. The normalized spacial score (nSPS) is 9.83. The van der Waals surface area contributed by atoms with E-state index in [1.165, 1.54) is 6.07 Å². The Bertz CT molecular complexity index is 568. The van der Waals surface area contributed by atoms with Crippen LogP contribution in [0.4, 0.5) is 0 Å². The first-order valence-electron chi connectivity index (χ1n) is 5.21. The molecule has 5 heteroatoms. The number of ether oxygens (including phenoxy) is 2. The van der Waals surface area contributed by atoms with Crippen LogP contribution in [0.3, 0.4) is 0 Å². The summed E-state index contributed by atoms with van der Waals surface area (Å²) in [5, 5.41) is 8.82. The van der Waals surface area contributed by atoms with Crippen LogP contribution >= 0.6 is 0 Å². The lowest BCUT2D eigenvalue weighted by Gasteiger charge is -2.06. The number of aromatic nitrogens is 1. The molecule has 2 aromatic rings. The number of aromatic carboxylic acids is 1. The van der Waals surface area contributed by atoms with E-state index in [9.17, 15) is 4.79 Å². The maximum Gasteiger partial charge on any atom is 0.354 e. The molecule has 0 fully saturated rings. The number of rotatable bonds is 4. The van der Waals surface area contributed by atoms with Gasteiger partial charge in [-0.05, 0) is 18.2 Å². The molecule has 1 N–H and O–H groups in total. The Morgan fingerprint density at radius 2 is 1.89 bits per heavy atom. The van der Waals surface area contributed by atoms with Gasteiger partial charge in [0.15, 0.2) is 5.69 Å². The van der Waals surface area contributed by atoms with Crippen molar-refractivity contribution in [3.8, 4) is 17.4 Å². The summed E-state index contributed by atoms with van der Waals surface area (Å²) in [6, 6.07) is 11.6. The largest absolute Gasteiger partial charge is 0.497 e. The van der Waals surface area contributed by atoms with Crippen LogP contribution in [-0.2, 0) is 0 Å². The van der Waals surface area contributed by atoms with E-state index < -0.39 is 5.97 Å². The molecule has 0 atom stereocenters. The number of nitrogens with zero attached hydrogens (tertiary/aromatic N) is 1. The molecule has 0 unspecified atom stereocenters. The molecule has 0 aliphatic carbocycles. The number of hydrogen-bond acceptors (Lipinski definition) is 4. The van der Waals surface area contributed by atoms with E-state index in [2.05, 4.69) is 4.98 Å². The molecule has 0 spiro atoms. The van der Waals surface area contributed by atoms with Crippen LogP contribution in [0.1, 0.15) is 10.5 Å². The van der Waals surface area contributed by atoms with Crippen molar-refractivity contribution in [2.24, 2.45) is 0 Å². The number of carboxylic acid groups (broad SMARTS) is 1. The van der Waals surface area contributed by atoms with E-state index in [1.54, 1.807) is 43.5 Å². The summed E-state index contributed by atoms with van der Waals surface area (Å²) in [7, 11) is 1.56. The molecule has 0 amide bonds. The fourth-order valence-electron chi connectivity index (χ4n) is 1.38. The lowest BCUT2D eigenvalue weighted by Crippen LogP contribution is -2.00. The Morgan fingerprint density at radius 3 is 2.61 bits per heavy atom. The zero-order valence-electron chi connectivity index (χ0n) is 9.66. The third kappa shape index (κ3) is 2.76. The van der Waals surface area contributed by atoms with Gasteiger partial charge in [0.05, 0.1) is 7.11 Å². The average Bonchev–Trinajstić information content (AvgIpc) is 2.39. The molecule has 1 aromatic carbocycles. The molecule has 18 heavy (non-hydrogen) atoms. The van der Waals surface area contributed by atoms with Gasteiger partial charge in [-0.15, -0.1) is 0 Å². The number of benzene rings is 1. The van der Waals surface area contributed by atoms with Crippen LogP contribution in [0, 0.1) is 0 Å². The van der Waals surface area contributed by atoms with E-state index in [0.717, 1.165) is 0 Å². The average molecular weight is 245 g/mol. The summed E-state index contributed by atoms with van der Waals surface area (Å²) < 4.78 is 10.5. The van der Waals surface area contributed by atoms with Gasteiger partial charge < -0.3 is 14.6 Å². The van der Waals surface area contributed by atoms with Crippen molar-refractivity contribution in [1.82, 2.24) is 4.98 Å². The Kier molecular flexibility index (Phi) is 3.43. The molecule has 0 radical (unpaired) electrons. The Balaban J connectivity index is 2.22. The fraction of sp³-hybridized carbons (Fsp3) is 0.0769. The first-order chi connectivity index (χ1) is 8.69. The minimum Gasteiger partial charge on any atom is -0.497 e. The van der Waals surface area contributed by atoms with E-state index in [4.69, 9.17) is 14.6 Å². The highest BCUT2D eigenvalue weighted by molar-refractivity contribution is 5.85. The van der Waals surface area contributed by atoms with Crippen molar-refractivity contribution in [2.75, 3.05) is 7.11 Å². The van der Waals surface area contributed by atoms with Gasteiger partial charge >= 0.3 is 5.97 Å². The van der Waals surface area contributed by atoms with E-state index in [0.29, 0.717) is 11.5 Å². The molecule has 0 aliphatic rings. The van der Waals surface area contributed by atoms with Gasteiger partial charge in [0.25, 0.3) is 0 Å². The monoisotopic (exact) mass is 245 g/mol. The lowest BCUT2D eigenvalue weighted by atomic mass is 10.3. The second-order valence-electron chi connectivity index (χ2n) is 3.45. The van der Waals surface area contributed by atoms with Gasteiger partial charge in [-0.2, -0.15) is 0 Å². The molecule has 0 saturated heterocycles. The van der Waals surface area contributed by atoms with Gasteiger partial charge in [-0.1, -0.05) is 12.1 Å². The van der Waals surface area contributed by atoms with Crippen molar-refractivity contribution in [3.63, 3.8) is 0 Å². The number of hydrogen-bond donors (Lipinski definition) is 1. The first-order valence-corrected chi connectivity index (χ1v) is 5.21. The van der Waals surface area contributed by atoms with Crippen molar-refractivity contribution >= 4 is 5.97 Å². The van der Waals surface area contributed by atoms with Gasteiger partial charge in [-0.3, -0.25) is 0 Å². The fourth-order valence-corrected chi connectivity index (χ4v) is 1.38. The number of carbonyl (C=O) groups is 1. The summed E-state index contributed by atoms with van der Waals surface area (Å²) >= 11 is 0. The van der Waals surface area contributed by atoms with Gasteiger partial charge in [-0.25, -0.2) is 9.78 Å². The highest BCUT2D eigenvalue weighted by Gasteiger charge is 2.06. The minimum atomic E-state index is -1.09. The second-order valence-corrected chi connectivity index (χ2v) is 3.45. The maximum absolute atomic E-state index is 10.8. The molecule has 1 heterocycles. The highest BCUT2D eigenvalue weighted by Crippen LogP contribution is 2.23. The zero-order chi connectivity index (χ0) is 13.0. The summed E-state index contributed by atoms with van der Waals surface area (Å²) in [5.74, 6) is 0.320. The Labute approximate surface area is 104 Å². The quantitative estimate of drug-likeness (QED) is 0.896. The molecule has 0 bridgehead atoms. The summed E-state index contributed by atoms with van der Waals surface area (Å²) in [6.45, 7) is 0. The Morgan fingerprint density at radius 1 is 1.17 bits per heavy atom. The highest BCUT2D eigenvalue weighted by atomic mass is 16.5. The van der Waals surface area contributed by atoms with Crippen molar-refractivity contribution in [3.05, 3.63) is 48.2 Å². The van der Waals surface area contributed by atoms with Crippen molar-refractivity contribution < 1.29 is 19.4 Å².